The number of aliphatic carboxylic acids is 1. The van der Waals surface area contributed by atoms with Gasteiger partial charge in [0.15, 0.2) is 0 Å². The van der Waals surface area contributed by atoms with Crippen molar-refractivity contribution in [2.45, 2.75) is 26.7 Å². The number of anilines is 1. The number of carboxylic acids is 1. The van der Waals surface area contributed by atoms with Gasteiger partial charge in [-0.2, -0.15) is 0 Å². The Balaban J connectivity index is 2.13. The molecule has 20 heavy (non-hydrogen) atoms. The molecule has 7 nitrogen and oxygen atoms in total. The van der Waals surface area contributed by atoms with Crippen molar-refractivity contribution in [3.05, 3.63) is 27.9 Å². The van der Waals surface area contributed by atoms with E-state index >= 15 is 0 Å². The minimum atomic E-state index is -0.773. The van der Waals surface area contributed by atoms with E-state index in [1.807, 2.05) is 4.90 Å². The molecule has 0 saturated carbocycles. The molecule has 0 radical (unpaired) electrons. The predicted octanol–water partition coefficient (Wildman–Crippen LogP) is 1.99. The summed E-state index contributed by atoms with van der Waals surface area (Å²) < 4.78 is 0. The average molecular weight is 279 g/mol. The number of hydrogen-bond acceptors (Lipinski definition) is 5. The molecule has 1 aromatic heterocycles. The van der Waals surface area contributed by atoms with Crippen molar-refractivity contribution < 1.29 is 14.8 Å². The van der Waals surface area contributed by atoms with Crippen LogP contribution in [0.15, 0.2) is 12.1 Å². The lowest BCUT2D eigenvalue weighted by molar-refractivity contribution is -0.385. The zero-order chi connectivity index (χ0) is 14.9. The maximum Gasteiger partial charge on any atom is 0.309 e. The van der Waals surface area contributed by atoms with Gasteiger partial charge in [-0.05, 0) is 32.8 Å². The monoisotopic (exact) mass is 279 g/mol. The first-order chi connectivity index (χ1) is 9.33. The summed E-state index contributed by atoms with van der Waals surface area (Å²) in [5, 5.41) is 19.9. The van der Waals surface area contributed by atoms with Crippen molar-refractivity contribution in [3.8, 4) is 0 Å². The number of carbonyl (C=O) groups is 1. The molecule has 0 bridgehead atoms. The van der Waals surface area contributed by atoms with Gasteiger partial charge in [0.05, 0.1) is 10.3 Å². The van der Waals surface area contributed by atoms with E-state index in [1.165, 1.54) is 6.07 Å². The van der Waals surface area contributed by atoms with Gasteiger partial charge in [-0.15, -0.1) is 0 Å². The standard InChI is InChI=1S/C13H17N3O4/c1-9-10(16(19)20)3-4-11(14-9)15-7-5-13(2,6-8-15)12(17)18/h3-4H,5-8H2,1-2H3,(H,17,18). The highest BCUT2D eigenvalue weighted by Crippen LogP contribution is 2.33. The third kappa shape index (κ3) is 2.56. The van der Waals surface area contributed by atoms with Crippen LogP contribution in [0.25, 0.3) is 0 Å². The fraction of sp³-hybridized carbons (Fsp3) is 0.538. The third-order valence-corrected chi connectivity index (χ3v) is 3.95. The molecule has 2 rings (SSSR count). The Kier molecular flexibility index (Phi) is 3.61. The van der Waals surface area contributed by atoms with Crippen molar-refractivity contribution in [1.29, 1.82) is 0 Å². The molecule has 1 aliphatic rings. The molecule has 0 aromatic carbocycles. The second-order valence-corrected chi connectivity index (χ2v) is 5.38. The topological polar surface area (TPSA) is 96.6 Å². The Bertz CT molecular complexity index is 551. The smallest absolute Gasteiger partial charge is 0.309 e. The first-order valence-corrected chi connectivity index (χ1v) is 6.44. The van der Waals surface area contributed by atoms with Gasteiger partial charge in [0.1, 0.15) is 11.5 Å². The number of nitro groups is 1. The van der Waals surface area contributed by atoms with Crippen molar-refractivity contribution in [2.24, 2.45) is 5.41 Å². The molecule has 0 unspecified atom stereocenters. The number of carboxylic acid groups (broad SMARTS) is 1. The van der Waals surface area contributed by atoms with E-state index in [1.54, 1.807) is 19.9 Å². The Morgan fingerprint density at radius 3 is 2.50 bits per heavy atom. The molecule has 0 amide bonds. The van der Waals surface area contributed by atoms with Gasteiger partial charge in [-0.1, -0.05) is 0 Å². The molecule has 1 aliphatic heterocycles. The Morgan fingerprint density at radius 2 is 2.05 bits per heavy atom. The number of hydrogen-bond donors (Lipinski definition) is 1. The van der Waals surface area contributed by atoms with E-state index < -0.39 is 16.3 Å². The van der Waals surface area contributed by atoms with Crippen molar-refractivity contribution >= 4 is 17.5 Å². The molecule has 0 aliphatic carbocycles. The predicted molar refractivity (Wildman–Crippen MR) is 72.8 cm³/mol. The number of rotatable bonds is 3. The molecule has 2 heterocycles. The largest absolute Gasteiger partial charge is 0.481 e. The van der Waals surface area contributed by atoms with E-state index in [4.69, 9.17) is 0 Å². The highest BCUT2D eigenvalue weighted by atomic mass is 16.6. The summed E-state index contributed by atoms with van der Waals surface area (Å²) in [5.41, 5.74) is -0.313. The van der Waals surface area contributed by atoms with E-state index in [9.17, 15) is 20.0 Å². The zero-order valence-electron chi connectivity index (χ0n) is 11.5. The molecule has 1 fully saturated rings. The molecular weight excluding hydrogens is 262 g/mol. The maximum atomic E-state index is 11.2. The fourth-order valence-corrected chi connectivity index (χ4v) is 2.35. The molecule has 1 saturated heterocycles. The van der Waals surface area contributed by atoms with Crippen LogP contribution in [0.5, 0.6) is 0 Å². The molecule has 1 aromatic rings. The molecule has 0 atom stereocenters. The second-order valence-electron chi connectivity index (χ2n) is 5.38. The molecule has 7 heteroatoms. The number of nitrogens with zero attached hydrogens (tertiary/aromatic N) is 3. The number of piperidine rings is 1. The quantitative estimate of drug-likeness (QED) is 0.671. The van der Waals surface area contributed by atoms with Gasteiger partial charge in [0.2, 0.25) is 0 Å². The lowest BCUT2D eigenvalue weighted by Crippen LogP contribution is -2.43. The van der Waals surface area contributed by atoms with E-state index in [-0.39, 0.29) is 5.69 Å². The van der Waals surface area contributed by atoms with Gasteiger partial charge >= 0.3 is 5.97 Å². The van der Waals surface area contributed by atoms with Gasteiger partial charge in [-0.25, -0.2) is 4.98 Å². The van der Waals surface area contributed by atoms with E-state index in [0.717, 1.165) is 0 Å². The fourth-order valence-electron chi connectivity index (χ4n) is 2.35. The lowest BCUT2D eigenvalue weighted by atomic mass is 9.80. The zero-order valence-corrected chi connectivity index (χ0v) is 11.5. The molecule has 108 valence electrons. The summed E-state index contributed by atoms with van der Waals surface area (Å²) in [6.45, 7) is 4.54. The van der Waals surface area contributed by atoms with Crippen LogP contribution in [-0.4, -0.2) is 34.1 Å². The van der Waals surface area contributed by atoms with Crippen LogP contribution in [0.2, 0.25) is 0 Å². The summed E-state index contributed by atoms with van der Waals surface area (Å²) in [4.78, 5) is 27.7. The Hall–Kier alpha value is -2.18. The molecular formula is C13H17N3O4. The summed E-state index contributed by atoms with van der Waals surface area (Å²) in [6, 6.07) is 3.07. The first-order valence-electron chi connectivity index (χ1n) is 6.44. The molecule has 1 N–H and O–H groups in total. The average Bonchev–Trinajstić information content (AvgIpc) is 2.38. The Morgan fingerprint density at radius 1 is 1.45 bits per heavy atom. The number of pyridine rings is 1. The van der Waals surface area contributed by atoms with E-state index in [2.05, 4.69) is 4.98 Å². The van der Waals surface area contributed by atoms with Crippen LogP contribution in [0.4, 0.5) is 11.5 Å². The summed E-state index contributed by atoms with van der Waals surface area (Å²) in [5.74, 6) is -0.106. The van der Waals surface area contributed by atoms with Gasteiger partial charge in [0, 0.05) is 19.2 Å². The summed E-state index contributed by atoms with van der Waals surface area (Å²) in [7, 11) is 0. The van der Waals surface area contributed by atoms with Crippen molar-refractivity contribution in [1.82, 2.24) is 4.98 Å². The van der Waals surface area contributed by atoms with Crippen LogP contribution >= 0.6 is 0 Å². The number of aromatic nitrogens is 1. The van der Waals surface area contributed by atoms with E-state index in [0.29, 0.717) is 37.4 Å². The minimum Gasteiger partial charge on any atom is -0.481 e. The first kappa shape index (κ1) is 14.2. The van der Waals surface area contributed by atoms with Crippen LogP contribution < -0.4 is 4.90 Å². The number of aryl methyl sites for hydroxylation is 1. The van der Waals surface area contributed by atoms with Crippen LogP contribution in [0.1, 0.15) is 25.5 Å². The Labute approximate surface area is 116 Å². The van der Waals surface area contributed by atoms with Gasteiger partial charge < -0.3 is 10.0 Å². The van der Waals surface area contributed by atoms with Crippen LogP contribution in [0.3, 0.4) is 0 Å². The normalized spacial score (nSPS) is 17.8. The van der Waals surface area contributed by atoms with Crippen LogP contribution in [0, 0.1) is 22.5 Å². The summed E-state index contributed by atoms with van der Waals surface area (Å²) in [6.07, 6.45) is 1.08. The van der Waals surface area contributed by atoms with Crippen LogP contribution in [-0.2, 0) is 4.79 Å². The van der Waals surface area contributed by atoms with Crippen molar-refractivity contribution in [3.63, 3.8) is 0 Å². The maximum absolute atomic E-state index is 11.2. The highest BCUT2D eigenvalue weighted by Gasteiger charge is 2.37. The highest BCUT2D eigenvalue weighted by molar-refractivity contribution is 5.74. The second kappa shape index (κ2) is 5.07. The minimum absolute atomic E-state index is 0.00105. The van der Waals surface area contributed by atoms with Gasteiger partial charge in [-0.3, -0.25) is 14.9 Å². The SMILES string of the molecule is Cc1nc(N2CCC(C)(C(=O)O)CC2)ccc1[N+](=O)[O-]. The lowest BCUT2D eigenvalue weighted by Gasteiger charge is -2.37. The summed E-state index contributed by atoms with van der Waals surface area (Å²) >= 11 is 0. The van der Waals surface area contributed by atoms with Crippen molar-refractivity contribution in [2.75, 3.05) is 18.0 Å². The third-order valence-electron chi connectivity index (χ3n) is 3.95. The van der Waals surface area contributed by atoms with Gasteiger partial charge in [0.25, 0.3) is 5.69 Å². The molecule has 0 spiro atoms.